The number of carbonyl (C=O) groups is 1. The van der Waals surface area contributed by atoms with Crippen molar-refractivity contribution >= 4 is 50.1 Å². The Morgan fingerprint density at radius 3 is 2.79 bits per heavy atom. The Morgan fingerprint density at radius 1 is 1.18 bits per heavy atom. The molecule has 0 saturated heterocycles. The molecule has 1 N–H and O–H groups in total. The van der Waals surface area contributed by atoms with Crippen molar-refractivity contribution in [3.05, 3.63) is 69.1 Å². The molecule has 0 amide bonds. The number of thiophene rings is 1. The van der Waals surface area contributed by atoms with Gasteiger partial charge in [-0.2, -0.15) is 0 Å². The maximum atomic E-state index is 12.3. The second-order valence-electron chi connectivity index (χ2n) is 6.43. The van der Waals surface area contributed by atoms with Gasteiger partial charge in [0, 0.05) is 9.77 Å². The largest absolute Gasteiger partial charge is 0.457 e. The van der Waals surface area contributed by atoms with E-state index in [-0.39, 0.29) is 23.9 Å². The van der Waals surface area contributed by atoms with Crippen molar-refractivity contribution in [2.45, 2.75) is 25.3 Å². The zero-order valence-electron chi connectivity index (χ0n) is 15.4. The number of aryl methyl sites for hydroxylation is 2. The van der Waals surface area contributed by atoms with E-state index in [9.17, 15) is 9.59 Å². The van der Waals surface area contributed by atoms with Gasteiger partial charge in [0.25, 0.3) is 5.56 Å². The van der Waals surface area contributed by atoms with E-state index in [0.29, 0.717) is 16.0 Å². The molecule has 0 atom stereocenters. The average Bonchev–Trinajstić information content (AvgIpc) is 2.98. The summed E-state index contributed by atoms with van der Waals surface area (Å²) in [4.78, 5) is 34.2. The number of ether oxygens (including phenoxy) is 1. The minimum absolute atomic E-state index is 0.0434. The van der Waals surface area contributed by atoms with Crippen LogP contribution in [-0.2, 0) is 16.1 Å². The van der Waals surface area contributed by atoms with Crippen molar-refractivity contribution in [1.29, 1.82) is 0 Å². The van der Waals surface area contributed by atoms with Crippen LogP contribution >= 0.6 is 23.1 Å². The van der Waals surface area contributed by atoms with Gasteiger partial charge in [-0.1, -0.05) is 30.3 Å². The normalized spacial score (nSPS) is 11.2. The maximum absolute atomic E-state index is 12.3. The molecule has 0 aliphatic rings. The number of hydrogen-bond donors (Lipinski definition) is 1. The number of aromatic amines is 1. The van der Waals surface area contributed by atoms with E-state index < -0.39 is 0 Å². The molecule has 5 nitrogen and oxygen atoms in total. The van der Waals surface area contributed by atoms with Crippen molar-refractivity contribution in [2.24, 2.45) is 0 Å². The Morgan fingerprint density at radius 2 is 1.96 bits per heavy atom. The second kappa shape index (κ2) is 7.77. The standard InChI is InChI=1S/C21H18N2O3S2/c1-12-13(2)28-21-19(12)20(25)22-17(23-21)10-26-18(24)11-27-16-8-7-14-5-3-4-6-15(14)9-16/h3-9H,10-11H2,1-2H3,(H,22,23,25). The van der Waals surface area contributed by atoms with Crippen LogP contribution in [0.1, 0.15) is 16.3 Å². The molecule has 0 fully saturated rings. The molecule has 4 aromatic rings. The van der Waals surface area contributed by atoms with Gasteiger partial charge in [0.05, 0.1) is 11.1 Å². The van der Waals surface area contributed by atoms with Crippen LogP contribution in [0.15, 0.2) is 52.2 Å². The van der Waals surface area contributed by atoms with E-state index in [1.807, 2.05) is 44.2 Å². The first-order valence-electron chi connectivity index (χ1n) is 8.77. The van der Waals surface area contributed by atoms with Gasteiger partial charge in [-0.05, 0) is 42.3 Å². The summed E-state index contributed by atoms with van der Waals surface area (Å²) in [5.74, 6) is 0.212. The highest BCUT2D eigenvalue weighted by molar-refractivity contribution is 8.00. The number of rotatable bonds is 5. The SMILES string of the molecule is Cc1sc2nc(COC(=O)CSc3ccc4ccccc4c3)[nH]c(=O)c2c1C. The lowest BCUT2D eigenvalue weighted by Crippen LogP contribution is -2.15. The van der Waals surface area contributed by atoms with Gasteiger partial charge in [-0.25, -0.2) is 4.98 Å². The number of benzene rings is 2. The minimum atomic E-state index is -0.348. The summed E-state index contributed by atoms with van der Waals surface area (Å²) in [7, 11) is 0. The monoisotopic (exact) mass is 410 g/mol. The highest BCUT2D eigenvalue weighted by Crippen LogP contribution is 2.26. The van der Waals surface area contributed by atoms with Crippen molar-refractivity contribution in [2.75, 3.05) is 5.75 Å². The van der Waals surface area contributed by atoms with Crippen LogP contribution in [0.3, 0.4) is 0 Å². The van der Waals surface area contributed by atoms with E-state index in [1.54, 1.807) is 0 Å². The Labute approximate surface area is 169 Å². The topological polar surface area (TPSA) is 72.0 Å². The van der Waals surface area contributed by atoms with Crippen molar-refractivity contribution < 1.29 is 9.53 Å². The summed E-state index contributed by atoms with van der Waals surface area (Å²) in [6, 6.07) is 14.2. The van der Waals surface area contributed by atoms with E-state index in [1.165, 1.54) is 28.5 Å². The quantitative estimate of drug-likeness (QED) is 0.385. The molecule has 2 heterocycles. The van der Waals surface area contributed by atoms with E-state index in [4.69, 9.17) is 4.74 Å². The molecule has 7 heteroatoms. The number of carbonyl (C=O) groups excluding carboxylic acids is 1. The number of hydrogen-bond acceptors (Lipinski definition) is 6. The van der Waals surface area contributed by atoms with Crippen LogP contribution in [0.4, 0.5) is 0 Å². The molecule has 2 aromatic carbocycles. The van der Waals surface area contributed by atoms with Crippen molar-refractivity contribution in [1.82, 2.24) is 9.97 Å². The first-order chi connectivity index (χ1) is 13.5. The molecule has 142 valence electrons. The molecule has 0 radical (unpaired) electrons. The molecule has 4 rings (SSSR count). The van der Waals surface area contributed by atoms with Gasteiger partial charge in [-0.15, -0.1) is 23.1 Å². The molecule has 0 bridgehead atoms. The summed E-state index contributed by atoms with van der Waals surface area (Å²) in [5, 5.41) is 2.92. The molecule has 2 aromatic heterocycles. The molecule has 0 aliphatic heterocycles. The summed E-state index contributed by atoms with van der Waals surface area (Å²) < 4.78 is 5.29. The highest BCUT2D eigenvalue weighted by Gasteiger charge is 2.13. The number of thioether (sulfide) groups is 1. The number of nitrogens with zero attached hydrogens (tertiary/aromatic N) is 1. The van der Waals surface area contributed by atoms with Crippen LogP contribution < -0.4 is 5.56 Å². The Bertz CT molecular complexity index is 1240. The lowest BCUT2D eigenvalue weighted by atomic mass is 10.1. The van der Waals surface area contributed by atoms with E-state index in [0.717, 1.165) is 20.7 Å². The molecule has 0 spiro atoms. The smallest absolute Gasteiger partial charge is 0.316 e. The van der Waals surface area contributed by atoms with Gasteiger partial charge in [0.1, 0.15) is 17.3 Å². The average molecular weight is 411 g/mol. The number of nitrogens with one attached hydrogen (secondary N) is 1. The third-order valence-electron chi connectivity index (χ3n) is 4.54. The highest BCUT2D eigenvalue weighted by atomic mass is 32.2. The Balaban J connectivity index is 1.39. The summed E-state index contributed by atoms with van der Waals surface area (Å²) in [6.07, 6.45) is 0. The molecular weight excluding hydrogens is 392 g/mol. The Kier molecular flexibility index (Phi) is 5.19. The zero-order valence-corrected chi connectivity index (χ0v) is 17.1. The first-order valence-corrected chi connectivity index (χ1v) is 10.6. The van der Waals surface area contributed by atoms with Crippen LogP contribution in [-0.4, -0.2) is 21.7 Å². The van der Waals surface area contributed by atoms with Gasteiger partial charge in [0.15, 0.2) is 0 Å². The maximum Gasteiger partial charge on any atom is 0.316 e. The Hall–Kier alpha value is -2.64. The molecule has 28 heavy (non-hydrogen) atoms. The summed E-state index contributed by atoms with van der Waals surface area (Å²) in [6.45, 7) is 3.83. The van der Waals surface area contributed by atoms with Gasteiger partial charge >= 0.3 is 5.97 Å². The van der Waals surface area contributed by atoms with Crippen molar-refractivity contribution in [3.63, 3.8) is 0 Å². The van der Waals surface area contributed by atoms with Crippen LogP contribution in [0.5, 0.6) is 0 Å². The lowest BCUT2D eigenvalue weighted by molar-refractivity contribution is -0.141. The summed E-state index contributed by atoms with van der Waals surface area (Å²) >= 11 is 2.90. The number of fused-ring (bicyclic) bond motifs is 2. The van der Waals surface area contributed by atoms with Gasteiger partial charge in [-0.3, -0.25) is 9.59 Å². The van der Waals surface area contributed by atoms with Crippen molar-refractivity contribution in [3.8, 4) is 0 Å². The third-order valence-corrected chi connectivity index (χ3v) is 6.60. The predicted molar refractivity (Wildman–Crippen MR) is 114 cm³/mol. The fourth-order valence-corrected chi connectivity index (χ4v) is 4.75. The molecule has 0 saturated carbocycles. The van der Waals surface area contributed by atoms with Crippen LogP contribution in [0, 0.1) is 13.8 Å². The lowest BCUT2D eigenvalue weighted by Gasteiger charge is -2.06. The third kappa shape index (κ3) is 3.81. The first kappa shape index (κ1) is 18.7. The minimum Gasteiger partial charge on any atom is -0.457 e. The molecular formula is C21H18N2O3S2. The number of aromatic nitrogens is 2. The van der Waals surface area contributed by atoms with Crippen LogP contribution in [0.25, 0.3) is 21.0 Å². The van der Waals surface area contributed by atoms with Gasteiger partial charge in [0.2, 0.25) is 0 Å². The molecule has 0 aliphatic carbocycles. The van der Waals surface area contributed by atoms with Crippen LogP contribution in [0.2, 0.25) is 0 Å². The predicted octanol–water partition coefficient (Wildman–Crippen LogP) is 4.59. The summed E-state index contributed by atoms with van der Waals surface area (Å²) in [5.41, 5.74) is 0.757. The van der Waals surface area contributed by atoms with E-state index >= 15 is 0 Å². The van der Waals surface area contributed by atoms with E-state index in [2.05, 4.69) is 22.1 Å². The number of esters is 1. The second-order valence-corrected chi connectivity index (χ2v) is 8.69. The molecule has 0 unspecified atom stereocenters. The fourth-order valence-electron chi connectivity index (χ4n) is 2.96. The zero-order chi connectivity index (χ0) is 19.7. The fraction of sp³-hybridized carbons (Fsp3) is 0.190. The van der Waals surface area contributed by atoms with Gasteiger partial charge < -0.3 is 9.72 Å². The number of H-pyrrole nitrogens is 1.